The zero-order chi connectivity index (χ0) is 12.3. The average Bonchev–Trinajstić information content (AvgIpc) is 2.70. The van der Waals surface area contributed by atoms with Gasteiger partial charge in [0.05, 0.1) is 0 Å². The van der Waals surface area contributed by atoms with Gasteiger partial charge < -0.3 is 0 Å². The van der Waals surface area contributed by atoms with Crippen molar-refractivity contribution in [3.8, 4) is 0 Å². The third-order valence-electron chi connectivity index (χ3n) is 3.97. The summed E-state index contributed by atoms with van der Waals surface area (Å²) in [4.78, 5) is 2.53. The highest BCUT2D eigenvalue weighted by Crippen LogP contribution is 2.41. The molecular weight excluding hydrogens is 206 g/mol. The van der Waals surface area contributed by atoms with Crippen LogP contribution in [0.15, 0.2) is 42.0 Å². The van der Waals surface area contributed by atoms with Gasteiger partial charge in [-0.2, -0.15) is 0 Å². The second-order valence-corrected chi connectivity index (χ2v) is 5.41. The van der Waals surface area contributed by atoms with Crippen LogP contribution in [-0.4, -0.2) is 18.5 Å². The van der Waals surface area contributed by atoms with Crippen LogP contribution in [0.1, 0.15) is 38.7 Å². The Morgan fingerprint density at radius 3 is 2.53 bits per heavy atom. The number of nitrogens with zero attached hydrogens (tertiary/aromatic N) is 1. The first kappa shape index (κ1) is 12.4. The highest BCUT2D eigenvalue weighted by molar-refractivity contribution is 5.27. The maximum Gasteiger partial charge on any atom is 0.0492 e. The summed E-state index contributed by atoms with van der Waals surface area (Å²) in [6.45, 7) is 5.59. The molecule has 2 rings (SSSR count). The van der Waals surface area contributed by atoms with Crippen LogP contribution >= 0.6 is 0 Å². The lowest BCUT2D eigenvalue weighted by Crippen LogP contribution is -2.38. The van der Waals surface area contributed by atoms with Crippen molar-refractivity contribution in [2.45, 2.75) is 38.6 Å². The first-order valence-corrected chi connectivity index (χ1v) is 6.55. The van der Waals surface area contributed by atoms with Crippen molar-refractivity contribution in [3.63, 3.8) is 0 Å². The first-order valence-electron chi connectivity index (χ1n) is 6.55. The topological polar surface area (TPSA) is 3.24 Å². The minimum absolute atomic E-state index is 0.235. The standard InChI is InChI=1S/C16H23N/c1-14(2)10-12-16(11-7-13-17(16)3)15-8-5-4-6-9-15/h4-6,8-10H,7,11-13H2,1-3H3. The fraction of sp³-hybridized carbons (Fsp3) is 0.500. The Morgan fingerprint density at radius 2 is 2.00 bits per heavy atom. The molecule has 1 aromatic carbocycles. The van der Waals surface area contributed by atoms with Gasteiger partial charge in [0.2, 0.25) is 0 Å². The van der Waals surface area contributed by atoms with Crippen molar-refractivity contribution in [1.82, 2.24) is 4.90 Å². The van der Waals surface area contributed by atoms with Gasteiger partial charge >= 0.3 is 0 Å². The summed E-state index contributed by atoms with van der Waals surface area (Å²) in [7, 11) is 2.26. The van der Waals surface area contributed by atoms with E-state index in [4.69, 9.17) is 0 Å². The molecular formula is C16H23N. The van der Waals surface area contributed by atoms with Crippen LogP contribution < -0.4 is 0 Å². The lowest BCUT2D eigenvalue weighted by atomic mass is 9.84. The predicted molar refractivity (Wildman–Crippen MR) is 74.0 cm³/mol. The van der Waals surface area contributed by atoms with Crippen molar-refractivity contribution in [1.29, 1.82) is 0 Å². The Kier molecular flexibility index (Phi) is 3.68. The summed E-state index contributed by atoms with van der Waals surface area (Å²) < 4.78 is 0. The smallest absolute Gasteiger partial charge is 0.0492 e. The monoisotopic (exact) mass is 229 g/mol. The molecule has 1 aliphatic heterocycles. The van der Waals surface area contributed by atoms with Crippen LogP contribution in [0.3, 0.4) is 0 Å². The summed E-state index contributed by atoms with van der Waals surface area (Å²) in [6.07, 6.45) is 6.10. The molecule has 0 saturated carbocycles. The number of hydrogen-bond acceptors (Lipinski definition) is 1. The molecule has 0 bridgehead atoms. The molecule has 1 fully saturated rings. The van der Waals surface area contributed by atoms with E-state index in [2.05, 4.69) is 62.2 Å². The highest BCUT2D eigenvalue weighted by Gasteiger charge is 2.38. The summed E-state index contributed by atoms with van der Waals surface area (Å²) in [5.41, 5.74) is 3.12. The molecule has 1 aliphatic rings. The van der Waals surface area contributed by atoms with Crippen molar-refractivity contribution in [3.05, 3.63) is 47.5 Å². The van der Waals surface area contributed by atoms with Gasteiger partial charge in [-0.3, -0.25) is 4.90 Å². The Labute approximate surface area is 105 Å². The molecule has 1 nitrogen and oxygen atoms in total. The molecule has 1 heteroatoms. The van der Waals surface area contributed by atoms with E-state index in [1.807, 2.05) is 0 Å². The highest BCUT2D eigenvalue weighted by atomic mass is 15.2. The zero-order valence-electron chi connectivity index (χ0n) is 11.2. The molecule has 92 valence electrons. The van der Waals surface area contributed by atoms with Gasteiger partial charge in [0.15, 0.2) is 0 Å². The molecule has 1 heterocycles. The van der Waals surface area contributed by atoms with Crippen molar-refractivity contribution in [2.24, 2.45) is 0 Å². The third-order valence-corrected chi connectivity index (χ3v) is 3.97. The Hall–Kier alpha value is -1.08. The van der Waals surface area contributed by atoms with Gasteiger partial charge in [-0.15, -0.1) is 0 Å². The zero-order valence-corrected chi connectivity index (χ0v) is 11.2. The first-order chi connectivity index (χ1) is 8.15. The van der Waals surface area contributed by atoms with E-state index in [0.717, 1.165) is 6.42 Å². The van der Waals surface area contributed by atoms with E-state index < -0.39 is 0 Å². The number of rotatable bonds is 3. The van der Waals surface area contributed by atoms with Crippen molar-refractivity contribution in [2.75, 3.05) is 13.6 Å². The second kappa shape index (κ2) is 5.05. The lowest BCUT2D eigenvalue weighted by molar-refractivity contribution is 0.176. The summed E-state index contributed by atoms with van der Waals surface area (Å²) in [6, 6.07) is 11.0. The van der Waals surface area contributed by atoms with E-state index in [1.165, 1.54) is 30.5 Å². The van der Waals surface area contributed by atoms with Gasteiger partial charge in [0.25, 0.3) is 0 Å². The van der Waals surface area contributed by atoms with E-state index in [-0.39, 0.29) is 5.54 Å². The van der Waals surface area contributed by atoms with Gasteiger partial charge in [-0.05, 0) is 52.3 Å². The van der Waals surface area contributed by atoms with Crippen LogP contribution in [-0.2, 0) is 5.54 Å². The Morgan fingerprint density at radius 1 is 1.29 bits per heavy atom. The molecule has 1 unspecified atom stereocenters. The van der Waals surface area contributed by atoms with E-state index in [9.17, 15) is 0 Å². The maximum atomic E-state index is 2.53. The van der Waals surface area contributed by atoms with Crippen LogP contribution in [0, 0.1) is 0 Å². The van der Waals surface area contributed by atoms with Gasteiger partial charge in [-0.25, -0.2) is 0 Å². The number of likely N-dealkylation sites (tertiary alicyclic amines) is 1. The summed E-state index contributed by atoms with van der Waals surface area (Å²) in [5.74, 6) is 0. The number of allylic oxidation sites excluding steroid dienone is 1. The average molecular weight is 229 g/mol. The minimum atomic E-state index is 0.235. The molecule has 1 saturated heterocycles. The second-order valence-electron chi connectivity index (χ2n) is 5.41. The fourth-order valence-corrected chi connectivity index (χ4v) is 2.88. The Bertz CT molecular complexity index is 389. The van der Waals surface area contributed by atoms with Crippen LogP contribution in [0.25, 0.3) is 0 Å². The largest absolute Gasteiger partial charge is 0.296 e. The van der Waals surface area contributed by atoms with E-state index >= 15 is 0 Å². The van der Waals surface area contributed by atoms with Crippen molar-refractivity contribution < 1.29 is 0 Å². The summed E-state index contributed by atoms with van der Waals surface area (Å²) in [5, 5.41) is 0. The van der Waals surface area contributed by atoms with Crippen LogP contribution in [0.4, 0.5) is 0 Å². The van der Waals surface area contributed by atoms with Crippen LogP contribution in [0.5, 0.6) is 0 Å². The molecule has 0 aromatic heterocycles. The SMILES string of the molecule is CC(C)=CCC1(c2ccccc2)CCCN1C. The maximum absolute atomic E-state index is 2.53. The molecule has 0 spiro atoms. The number of benzene rings is 1. The summed E-state index contributed by atoms with van der Waals surface area (Å²) >= 11 is 0. The molecule has 1 aromatic rings. The molecule has 0 amide bonds. The minimum Gasteiger partial charge on any atom is -0.296 e. The normalized spacial score (nSPS) is 24.9. The van der Waals surface area contributed by atoms with Gasteiger partial charge in [0.1, 0.15) is 0 Å². The van der Waals surface area contributed by atoms with Gasteiger partial charge in [-0.1, -0.05) is 42.0 Å². The van der Waals surface area contributed by atoms with E-state index in [0.29, 0.717) is 0 Å². The Balaban J connectivity index is 2.34. The molecule has 17 heavy (non-hydrogen) atoms. The lowest BCUT2D eigenvalue weighted by Gasteiger charge is -2.36. The van der Waals surface area contributed by atoms with E-state index in [1.54, 1.807) is 0 Å². The van der Waals surface area contributed by atoms with Crippen LogP contribution in [0.2, 0.25) is 0 Å². The fourth-order valence-electron chi connectivity index (χ4n) is 2.88. The van der Waals surface area contributed by atoms with Crippen molar-refractivity contribution >= 4 is 0 Å². The quantitative estimate of drug-likeness (QED) is 0.709. The predicted octanol–water partition coefficient (Wildman–Crippen LogP) is 3.96. The molecule has 0 N–H and O–H groups in total. The molecule has 1 atom stereocenters. The molecule has 0 radical (unpaired) electrons. The third kappa shape index (κ3) is 2.44. The molecule has 0 aliphatic carbocycles. The van der Waals surface area contributed by atoms with Gasteiger partial charge in [0, 0.05) is 5.54 Å². The number of hydrogen-bond donors (Lipinski definition) is 0.